The Morgan fingerprint density at radius 3 is 2.75 bits per heavy atom. The Morgan fingerprint density at radius 2 is 2.12 bits per heavy atom. The highest BCUT2D eigenvalue weighted by Gasteiger charge is 2.21. The number of aromatic nitrogens is 2. The van der Waals surface area contributed by atoms with E-state index in [0.29, 0.717) is 6.54 Å². The molecule has 1 aromatic rings. The van der Waals surface area contributed by atoms with Gasteiger partial charge in [0.1, 0.15) is 17.5 Å². The van der Waals surface area contributed by atoms with Crippen LogP contribution in [0.4, 0.5) is 11.6 Å². The fraction of sp³-hybridized carbons (Fsp3) is 0.636. The second-order valence-electron chi connectivity index (χ2n) is 4.39. The minimum atomic E-state index is 0.391. The fourth-order valence-electron chi connectivity index (χ4n) is 2.10. The van der Waals surface area contributed by atoms with Crippen LogP contribution in [0.15, 0.2) is 0 Å². The van der Waals surface area contributed by atoms with Crippen molar-refractivity contribution in [1.29, 1.82) is 0 Å². The highest BCUT2D eigenvalue weighted by molar-refractivity contribution is 5.61. The van der Waals surface area contributed by atoms with Crippen molar-refractivity contribution >= 4 is 11.6 Å². The zero-order valence-corrected chi connectivity index (χ0v) is 10.2. The summed E-state index contributed by atoms with van der Waals surface area (Å²) in [6, 6.07) is 0. The van der Waals surface area contributed by atoms with Gasteiger partial charge in [0.05, 0.1) is 6.54 Å². The third-order valence-corrected chi connectivity index (χ3v) is 2.90. The highest BCUT2D eigenvalue weighted by atomic mass is 15.2. The molecule has 1 aromatic heterocycles. The van der Waals surface area contributed by atoms with Crippen LogP contribution in [0.3, 0.4) is 0 Å². The van der Waals surface area contributed by atoms with Crippen LogP contribution in [0.2, 0.25) is 0 Å². The average molecular weight is 221 g/mol. The van der Waals surface area contributed by atoms with Gasteiger partial charge < -0.3 is 15.5 Å². The molecule has 0 spiro atoms. The monoisotopic (exact) mass is 221 g/mol. The van der Waals surface area contributed by atoms with Crippen molar-refractivity contribution in [2.24, 2.45) is 5.73 Å². The van der Waals surface area contributed by atoms with Crippen LogP contribution in [-0.2, 0) is 13.0 Å². The topological polar surface area (TPSA) is 58.3 Å². The lowest BCUT2D eigenvalue weighted by Crippen LogP contribution is -2.29. The van der Waals surface area contributed by atoms with Crippen LogP contribution in [0.1, 0.15) is 17.8 Å². The first-order valence-electron chi connectivity index (χ1n) is 5.61. The second kappa shape index (κ2) is 4.25. The van der Waals surface area contributed by atoms with Crippen molar-refractivity contribution < 1.29 is 0 Å². The van der Waals surface area contributed by atoms with Crippen LogP contribution >= 0.6 is 0 Å². The summed E-state index contributed by atoms with van der Waals surface area (Å²) in [6.07, 6.45) is 2.22. The molecular formula is C11H19N5. The molecule has 0 aromatic carbocycles. The van der Waals surface area contributed by atoms with Crippen molar-refractivity contribution in [1.82, 2.24) is 9.97 Å². The normalized spacial score (nSPS) is 14.9. The van der Waals surface area contributed by atoms with E-state index in [9.17, 15) is 0 Å². The van der Waals surface area contributed by atoms with Gasteiger partial charge in [-0.25, -0.2) is 9.97 Å². The number of fused-ring (bicyclic) bond motifs is 1. The van der Waals surface area contributed by atoms with Crippen LogP contribution < -0.4 is 15.5 Å². The molecular weight excluding hydrogens is 202 g/mol. The fourth-order valence-corrected chi connectivity index (χ4v) is 2.10. The third-order valence-electron chi connectivity index (χ3n) is 2.90. The van der Waals surface area contributed by atoms with E-state index in [1.54, 1.807) is 0 Å². The Labute approximate surface area is 96.3 Å². The smallest absolute Gasteiger partial charge is 0.146 e. The lowest BCUT2D eigenvalue weighted by molar-refractivity contribution is 0.711. The molecule has 1 aliphatic rings. The van der Waals surface area contributed by atoms with E-state index in [1.807, 2.05) is 19.0 Å². The van der Waals surface area contributed by atoms with Crippen LogP contribution in [0, 0.1) is 0 Å². The lowest BCUT2D eigenvalue weighted by atomic mass is 10.1. The van der Waals surface area contributed by atoms with E-state index in [4.69, 9.17) is 5.73 Å². The number of hydrogen-bond acceptors (Lipinski definition) is 5. The van der Waals surface area contributed by atoms with Gasteiger partial charge in [-0.05, 0) is 12.8 Å². The van der Waals surface area contributed by atoms with Gasteiger partial charge in [0.2, 0.25) is 0 Å². The van der Waals surface area contributed by atoms with E-state index < -0.39 is 0 Å². The summed E-state index contributed by atoms with van der Waals surface area (Å²) in [7, 11) is 6.10. The number of rotatable bonds is 2. The Hall–Kier alpha value is -1.36. The number of hydrogen-bond donors (Lipinski definition) is 1. The minimum absolute atomic E-state index is 0.391. The number of nitrogens with two attached hydrogens (primary N) is 1. The second-order valence-corrected chi connectivity index (χ2v) is 4.39. The van der Waals surface area contributed by atoms with Gasteiger partial charge in [-0.1, -0.05) is 0 Å². The predicted octanol–water partition coefficient (Wildman–Crippen LogP) is 0.384. The maximum absolute atomic E-state index is 5.64. The van der Waals surface area contributed by atoms with Crippen molar-refractivity contribution in [2.75, 3.05) is 37.5 Å². The molecule has 0 saturated carbocycles. The van der Waals surface area contributed by atoms with Crippen molar-refractivity contribution in [3.63, 3.8) is 0 Å². The SMILES string of the molecule is CN(C)c1nc(CN)nc2c1CCCN2C. The van der Waals surface area contributed by atoms with Gasteiger partial charge in [-0.2, -0.15) is 0 Å². The van der Waals surface area contributed by atoms with Gasteiger partial charge in [0.15, 0.2) is 0 Å². The summed E-state index contributed by atoms with van der Waals surface area (Å²) >= 11 is 0. The number of anilines is 2. The molecule has 2 N–H and O–H groups in total. The summed E-state index contributed by atoms with van der Waals surface area (Å²) in [5.74, 6) is 2.78. The zero-order valence-electron chi connectivity index (χ0n) is 10.2. The molecule has 88 valence electrons. The Kier molecular flexibility index (Phi) is 2.96. The third kappa shape index (κ3) is 1.82. The number of nitrogens with zero attached hydrogens (tertiary/aromatic N) is 4. The molecule has 5 heteroatoms. The highest BCUT2D eigenvalue weighted by Crippen LogP contribution is 2.30. The molecule has 0 saturated heterocycles. The first kappa shape index (κ1) is 11.1. The molecule has 0 bridgehead atoms. The maximum Gasteiger partial charge on any atom is 0.146 e. The standard InChI is InChI=1S/C11H19N5/c1-15(2)10-8-5-4-6-16(3)11(8)14-9(7-12)13-10/h4-7,12H2,1-3H3. The molecule has 0 amide bonds. The minimum Gasteiger partial charge on any atom is -0.362 e. The average Bonchev–Trinajstić information content (AvgIpc) is 2.28. The van der Waals surface area contributed by atoms with E-state index >= 15 is 0 Å². The zero-order chi connectivity index (χ0) is 11.7. The van der Waals surface area contributed by atoms with Crippen LogP contribution in [0.5, 0.6) is 0 Å². The van der Waals surface area contributed by atoms with Gasteiger partial charge in [-0.3, -0.25) is 0 Å². The molecule has 5 nitrogen and oxygen atoms in total. The quantitative estimate of drug-likeness (QED) is 0.782. The Morgan fingerprint density at radius 1 is 1.38 bits per heavy atom. The van der Waals surface area contributed by atoms with Crippen molar-refractivity contribution in [2.45, 2.75) is 19.4 Å². The molecule has 0 radical (unpaired) electrons. The van der Waals surface area contributed by atoms with Crippen LogP contribution in [-0.4, -0.2) is 37.7 Å². The first-order chi connectivity index (χ1) is 7.63. The molecule has 2 rings (SSSR count). The summed E-state index contributed by atoms with van der Waals surface area (Å²) in [5, 5.41) is 0. The Balaban J connectivity index is 2.56. The summed E-state index contributed by atoms with van der Waals surface area (Å²) in [4.78, 5) is 13.2. The molecule has 0 unspecified atom stereocenters. The van der Waals surface area contributed by atoms with E-state index in [1.165, 1.54) is 5.56 Å². The summed E-state index contributed by atoms with van der Waals surface area (Å²) < 4.78 is 0. The van der Waals surface area contributed by atoms with Gasteiger partial charge >= 0.3 is 0 Å². The molecule has 0 atom stereocenters. The van der Waals surface area contributed by atoms with Crippen molar-refractivity contribution in [3.8, 4) is 0 Å². The lowest BCUT2D eigenvalue weighted by Gasteiger charge is -2.29. The van der Waals surface area contributed by atoms with Crippen molar-refractivity contribution in [3.05, 3.63) is 11.4 Å². The first-order valence-corrected chi connectivity index (χ1v) is 5.61. The summed E-state index contributed by atoms with van der Waals surface area (Å²) in [5.41, 5.74) is 6.88. The van der Waals surface area contributed by atoms with Gasteiger partial charge in [0, 0.05) is 33.3 Å². The predicted molar refractivity (Wildman–Crippen MR) is 65.8 cm³/mol. The largest absolute Gasteiger partial charge is 0.362 e. The molecule has 16 heavy (non-hydrogen) atoms. The maximum atomic E-state index is 5.64. The molecule has 0 aliphatic carbocycles. The van der Waals surface area contributed by atoms with Gasteiger partial charge in [-0.15, -0.1) is 0 Å². The molecule has 2 heterocycles. The van der Waals surface area contributed by atoms with E-state index in [-0.39, 0.29) is 0 Å². The molecule has 1 aliphatic heterocycles. The molecule has 0 fully saturated rings. The van der Waals surface area contributed by atoms with E-state index in [0.717, 1.165) is 36.8 Å². The van der Waals surface area contributed by atoms with Crippen LogP contribution in [0.25, 0.3) is 0 Å². The van der Waals surface area contributed by atoms with Gasteiger partial charge in [0.25, 0.3) is 0 Å². The van der Waals surface area contributed by atoms with E-state index in [2.05, 4.69) is 21.9 Å². The Bertz CT molecular complexity index is 371. The summed E-state index contributed by atoms with van der Waals surface area (Å²) in [6.45, 7) is 1.45.